The van der Waals surface area contributed by atoms with Gasteiger partial charge in [0.25, 0.3) is 0 Å². The van der Waals surface area contributed by atoms with E-state index in [1.165, 1.54) is 4.31 Å². The van der Waals surface area contributed by atoms with Crippen LogP contribution in [0.25, 0.3) is 0 Å². The summed E-state index contributed by atoms with van der Waals surface area (Å²) in [7, 11) is -7.09. The van der Waals surface area contributed by atoms with Crippen LogP contribution < -0.4 is 4.72 Å². The van der Waals surface area contributed by atoms with Crippen molar-refractivity contribution in [1.29, 1.82) is 0 Å². The van der Waals surface area contributed by atoms with Crippen LogP contribution in [0.5, 0.6) is 0 Å². The van der Waals surface area contributed by atoms with Crippen LogP contribution in [0, 0.1) is 0 Å². The first-order valence-corrected chi connectivity index (χ1v) is 11.4. The molecule has 0 spiro atoms. The molecule has 1 aliphatic rings. The van der Waals surface area contributed by atoms with E-state index in [0.29, 0.717) is 19.0 Å². The van der Waals surface area contributed by atoms with E-state index in [-0.39, 0.29) is 17.2 Å². The summed E-state index contributed by atoms with van der Waals surface area (Å²) < 4.78 is 52.8. The number of nitrogens with one attached hydrogen (secondary N) is 1. The Morgan fingerprint density at radius 2 is 1.58 bits per heavy atom. The lowest BCUT2D eigenvalue weighted by atomic mass is 10.0. The fourth-order valence-corrected chi connectivity index (χ4v) is 5.29. The Morgan fingerprint density at radius 3 is 2.12 bits per heavy atom. The molecule has 1 aromatic carbocycles. The lowest BCUT2D eigenvalue weighted by Crippen LogP contribution is -2.40. The monoisotopic (exact) mass is 374 g/mol. The molecule has 0 amide bonds. The normalized spacial score (nSPS) is 17.3. The zero-order valence-electron chi connectivity index (χ0n) is 14.2. The second kappa shape index (κ2) is 7.95. The summed E-state index contributed by atoms with van der Waals surface area (Å²) in [5.74, 6) is 0.112. The Labute approximate surface area is 145 Å². The molecule has 6 nitrogen and oxygen atoms in total. The van der Waals surface area contributed by atoms with E-state index in [0.717, 1.165) is 24.8 Å². The van der Waals surface area contributed by atoms with Crippen LogP contribution in [0.3, 0.4) is 0 Å². The zero-order valence-corrected chi connectivity index (χ0v) is 15.9. The zero-order chi connectivity index (χ0) is 17.8. The Kier molecular flexibility index (Phi) is 6.41. The molecule has 0 unspecified atom stereocenters. The van der Waals surface area contributed by atoms with Crippen molar-refractivity contribution < 1.29 is 16.8 Å². The average Bonchev–Trinajstić information content (AvgIpc) is 2.55. The Morgan fingerprint density at radius 1 is 1.00 bits per heavy atom. The van der Waals surface area contributed by atoms with Crippen LogP contribution >= 0.6 is 0 Å². The second-order valence-corrected chi connectivity index (χ2v) is 10.3. The van der Waals surface area contributed by atoms with Gasteiger partial charge in [-0.25, -0.2) is 25.9 Å². The summed E-state index contributed by atoms with van der Waals surface area (Å²) in [4.78, 5) is 0.155. The van der Waals surface area contributed by atoms with Crippen molar-refractivity contribution in [2.45, 2.75) is 43.9 Å². The summed E-state index contributed by atoms with van der Waals surface area (Å²) in [5, 5.41) is 0. The summed E-state index contributed by atoms with van der Waals surface area (Å²) in [6.45, 7) is 5.02. The van der Waals surface area contributed by atoms with Gasteiger partial charge in [0.2, 0.25) is 20.0 Å². The van der Waals surface area contributed by atoms with Gasteiger partial charge < -0.3 is 0 Å². The van der Waals surface area contributed by atoms with E-state index in [9.17, 15) is 16.8 Å². The fourth-order valence-electron chi connectivity index (χ4n) is 2.69. The molecule has 0 aliphatic carbocycles. The summed E-state index contributed by atoms with van der Waals surface area (Å²) >= 11 is 0. The molecule has 1 saturated heterocycles. The highest BCUT2D eigenvalue weighted by atomic mass is 32.2. The summed E-state index contributed by atoms with van der Waals surface area (Å²) in [5.41, 5.74) is 1.06. The highest BCUT2D eigenvalue weighted by Crippen LogP contribution is 2.17. The van der Waals surface area contributed by atoms with E-state index in [1.54, 1.807) is 24.3 Å². The van der Waals surface area contributed by atoms with Gasteiger partial charge in [0.15, 0.2) is 0 Å². The molecule has 1 fully saturated rings. The first-order valence-electron chi connectivity index (χ1n) is 8.30. The van der Waals surface area contributed by atoms with Gasteiger partial charge in [-0.05, 0) is 36.5 Å². The van der Waals surface area contributed by atoms with Crippen molar-refractivity contribution >= 4 is 20.0 Å². The van der Waals surface area contributed by atoms with Crippen LogP contribution in [0.2, 0.25) is 0 Å². The fraction of sp³-hybridized carbons (Fsp3) is 0.625. The highest BCUT2D eigenvalue weighted by molar-refractivity contribution is 7.90. The van der Waals surface area contributed by atoms with Crippen molar-refractivity contribution in [2.75, 3.05) is 25.4 Å². The highest BCUT2D eigenvalue weighted by Gasteiger charge is 2.24. The van der Waals surface area contributed by atoms with Gasteiger partial charge in [-0.1, -0.05) is 32.4 Å². The van der Waals surface area contributed by atoms with Crippen molar-refractivity contribution in [3.63, 3.8) is 0 Å². The maximum absolute atomic E-state index is 12.3. The molecule has 1 aromatic rings. The number of hydrogen-bond donors (Lipinski definition) is 1. The largest absolute Gasteiger partial charge is 0.240 e. The van der Waals surface area contributed by atoms with Crippen LogP contribution in [-0.4, -0.2) is 46.5 Å². The number of sulfonamides is 2. The Bertz CT molecular complexity index is 735. The molecule has 0 aromatic heterocycles. The van der Waals surface area contributed by atoms with Crippen LogP contribution in [-0.2, 0) is 20.0 Å². The molecule has 136 valence electrons. The molecule has 1 heterocycles. The SMILES string of the molecule is CC(C)c1ccc(S(=O)(=O)NCCS(=O)(=O)N2CCCCC2)cc1. The predicted molar refractivity (Wildman–Crippen MR) is 94.9 cm³/mol. The Hall–Kier alpha value is -0.960. The van der Waals surface area contributed by atoms with Crippen LogP contribution in [0.1, 0.15) is 44.6 Å². The van der Waals surface area contributed by atoms with E-state index in [1.807, 2.05) is 13.8 Å². The van der Waals surface area contributed by atoms with Crippen molar-refractivity contribution in [3.05, 3.63) is 29.8 Å². The number of hydrogen-bond acceptors (Lipinski definition) is 4. The van der Waals surface area contributed by atoms with E-state index in [2.05, 4.69) is 4.72 Å². The topological polar surface area (TPSA) is 83.5 Å². The van der Waals surface area contributed by atoms with Crippen LogP contribution in [0.4, 0.5) is 0 Å². The molecule has 8 heteroatoms. The maximum atomic E-state index is 12.3. The lowest BCUT2D eigenvalue weighted by Gasteiger charge is -2.25. The number of nitrogens with zero attached hydrogens (tertiary/aromatic N) is 1. The van der Waals surface area contributed by atoms with Gasteiger partial charge in [-0.2, -0.15) is 0 Å². The third kappa shape index (κ3) is 5.02. The number of rotatable bonds is 7. The first-order chi connectivity index (χ1) is 11.2. The maximum Gasteiger partial charge on any atom is 0.240 e. The van der Waals surface area contributed by atoms with E-state index >= 15 is 0 Å². The molecule has 0 atom stereocenters. The molecular formula is C16H26N2O4S2. The number of benzene rings is 1. The van der Waals surface area contributed by atoms with Crippen molar-refractivity contribution in [1.82, 2.24) is 9.03 Å². The van der Waals surface area contributed by atoms with Gasteiger partial charge >= 0.3 is 0 Å². The molecule has 24 heavy (non-hydrogen) atoms. The molecule has 0 bridgehead atoms. The predicted octanol–water partition coefficient (Wildman–Crippen LogP) is 1.90. The number of piperidine rings is 1. The van der Waals surface area contributed by atoms with Gasteiger partial charge in [-0.15, -0.1) is 0 Å². The van der Waals surface area contributed by atoms with Crippen molar-refractivity contribution in [2.24, 2.45) is 0 Å². The van der Waals surface area contributed by atoms with Crippen LogP contribution in [0.15, 0.2) is 29.2 Å². The standard InChI is InChI=1S/C16H26N2O4S2/c1-14(2)15-6-8-16(9-7-15)24(21,22)17-10-13-23(19,20)18-11-4-3-5-12-18/h6-9,14,17H,3-5,10-13H2,1-2H3. The minimum Gasteiger partial charge on any atom is -0.212 e. The van der Waals surface area contributed by atoms with Crippen molar-refractivity contribution in [3.8, 4) is 0 Å². The molecule has 0 radical (unpaired) electrons. The quantitative estimate of drug-likeness (QED) is 0.790. The van der Waals surface area contributed by atoms with Gasteiger partial charge in [-0.3, -0.25) is 0 Å². The third-order valence-corrected chi connectivity index (χ3v) is 7.57. The smallest absolute Gasteiger partial charge is 0.212 e. The summed E-state index contributed by atoms with van der Waals surface area (Å²) in [6, 6.07) is 6.67. The minimum atomic E-state index is -3.69. The lowest BCUT2D eigenvalue weighted by molar-refractivity contribution is 0.346. The average molecular weight is 375 g/mol. The molecule has 1 aliphatic heterocycles. The van der Waals surface area contributed by atoms with Gasteiger partial charge in [0.05, 0.1) is 10.6 Å². The second-order valence-electron chi connectivity index (χ2n) is 6.40. The van der Waals surface area contributed by atoms with Gasteiger partial charge in [0.1, 0.15) is 0 Å². The molecule has 2 rings (SSSR count). The summed E-state index contributed by atoms with van der Waals surface area (Å²) in [6.07, 6.45) is 2.78. The first kappa shape index (κ1) is 19.4. The molecular weight excluding hydrogens is 348 g/mol. The third-order valence-electron chi connectivity index (χ3n) is 4.22. The minimum absolute atomic E-state index is 0.118. The Balaban J connectivity index is 1.94. The molecule has 0 saturated carbocycles. The van der Waals surface area contributed by atoms with E-state index in [4.69, 9.17) is 0 Å². The van der Waals surface area contributed by atoms with E-state index < -0.39 is 20.0 Å². The molecule has 1 N–H and O–H groups in total. The van der Waals surface area contributed by atoms with Gasteiger partial charge in [0, 0.05) is 19.6 Å².